The minimum Gasteiger partial charge on any atom is -0.397 e. The summed E-state index contributed by atoms with van der Waals surface area (Å²) < 4.78 is 0. The normalized spacial score (nSPS) is 15.1. The van der Waals surface area contributed by atoms with Gasteiger partial charge >= 0.3 is 0 Å². The molecule has 138 valence electrons. The van der Waals surface area contributed by atoms with Gasteiger partial charge in [-0.05, 0) is 41.8 Å². The third-order valence-corrected chi connectivity index (χ3v) is 4.81. The second-order valence-electron chi connectivity index (χ2n) is 6.63. The van der Waals surface area contributed by atoms with Gasteiger partial charge in [0.2, 0.25) is 0 Å². The summed E-state index contributed by atoms with van der Waals surface area (Å²) in [6.45, 7) is 4.06. The Morgan fingerprint density at radius 2 is 1.81 bits per heavy atom. The topological polar surface area (TPSA) is 86.2 Å². The zero-order valence-electron chi connectivity index (χ0n) is 15.0. The van der Waals surface area contributed by atoms with E-state index in [-0.39, 0.29) is 5.56 Å². The zero-order valence-corrected chi connectivity index (χ0v) is 15.0. The molecular formula is C21H23N5O. The molecule has 4 rings (SSSR count). The Bertz CT molecular complexity index is 1020. The summed E-state index contributed by atoms with van der Waals surface area (Å²) in [6.07, 6.45) is 1.67. The van der Waals surface area contributed by atoms with Crippen molar-refractivity contribution >= 4 is 28.0 Å². The van der Waals surface area contributed by atoms with Gasteiger partial charge in [-0.1, -0.05) is 18.2 Å². The van der Waals surface area contributed by atoms with E-state index in [1.807, 2.05) is 42.5 Å². The van der Waals surface area contributed by atoms with Gasteiger partial charge in [0, 0.05) is 49.3 Å². The number of benzene rings is 2. The molecule has 0 aliphatic carbocycles. The second kappa shape index (κ2) is 7.55. The minimum atomic E-state index is -0.196. The van der Waals surface area contributed by atoms with Crippen molar-refractivity contribution in [2.45, 2.75) is 0 Å². The summed E-state index contributed by atoms with van der Waals surface area (Å²) in [7, 11) is 0. The number of fused-ring (bicyclic) bond motifs is 1. The van der Waals surface area contributed by atoms with Crippen LogP contribution in [0.4, 0.5) is 11.4 Å². The number of anilines is 2. The summed E-state index contributed by atoms with van der Waals surface area (Å²) in [5, 5.41) is 7.48. The van der Waals surface area contributed by atoms with Crippen molar-refractivity contribution in [2.24, 2.45) is 5.73 Å². The van der Waals surface area contributed by atoms with Crippen LogP contribution in [0.3, 0.4) is 0 Å². The van der Waals surface area contributed by atoms with E-state index in [0.717, 1.165) is 42.8 Å². The number of aromatic nitrogens is 1. The predicted molar refractivity (Wildman–Crippen MR) is 112 cm³/mol. The molecule has 1 saturated heterocycles. The molecule has 0 unspecified atom stereocenters. The van der Waals surface area contributed by atoms with E-state index in [9.17, 15) is 4.79 Å². The van der Waals surface area contributed by atoms with Crippen LogP contribution in [0.5, 0.6) is 0 Å². The molecular weight excluding hydrogens is 338 g/mol. The van der Waals surface area contributed by atoms with Gasteiger partial charge in [-0.15, -0.1) is 0 Å². The van der Waals surface area contributed by atoms with Crippen LogP contribution in [-0.4, -0.2) is 31.2 Å². The maximum atomic E-state index is 12.3. The quantitative estimate of drug-likeness (QED) is 0.573. The van der Waals surface area contributed by atoms with Crippen LogP contribution in [0.25, 0.3) is 16.6 Å². The van der Waals surface area contributed by atoms with Crippen LogP contribution in [0, 0.1) is 0 Å². The van der Waals surface area contributed by atoms with Crippen LogP contribution in [0.2, 0.25) is 0 Å². The number of hydrogen-bond donors (Lipinski definition) is 4. The van der Waals surface area contributed by atoms with E-state index >= 15 is 0 Å². The van der Waals surface area contributed by atoms with Gasteiger partial charge in [0.25, 0.3) is 5.56 Å². The Balaban J connectivity index is 1.50. The molecule has 1 aliphatic heterocycles. The molecule has 1 aliphatic rings. The highest BCUT2D eigenvalue weighted by Gasteiger charge is 2.10. The van der Waals surface area contributed by atoms with E-state index in [1.165, 1.54) is 5.69 Å². The van der Waals surface area contributed by atoms with E-state index in [1.54, 1.807) is 6.20 Å². The number of aromatic amines is 1. The molecule has 27 heavy (non-hydrogen) atoms. The van der Waals surface area contributed by atoms with Crippen molar-refractivity contribution in [2.75, 3.05) is 36.4 Å². The molecule has 6 heteroatoms. The maximum absolute atomic E-state index is 12.3. The molecule has 0 radical (unpaired) electrons. The number of hydrogen-bond acceptors (Lipinski definition) is 5. The summed E-state index contributed by atoms with van der Waals surface area (Å²) in [4.78, 5) is 17.5. The monoisotopic (exact) mass is 361 g/mol. The number of nitrogens with two attached hydrogens (primary N) is 1. The van der Waals surface area contributed by atoms with Gasteiger partial charge in [0.05, 0.1) is 11.3 Å². The highest BCUT2D eigenvalue weighted by atomic mass is 16.1. The standard InChI is InChI=1S/C21H23N5O/c22-19(18-13-15-3-1-2-4-20(15)25-21(18)27)14-24-16-5-7-17(8-6-16)26-11-9-23-10-12-26/h1-8,13-14,23-24H,9-12,22H2,(H,25,27)/b19-14-. The first-order valence-electron chi connectivity index (χ1n) is 9.11. The lowest BCUT2D eigenvalue weighted by molar-refractivity contribution is 0.589. The third kappa shape index (κ3) is 3.80. The molecule has 3 aromatic rings. The van der Waals surface area contributed by atoms with Crippen LogP contribution in [0.15, 0.2) is 65.6 Å². The molecule has 0 spiro atoms. The molecule has 0 saturated carbocycles. The Labute approximate surface area is 157 Å². The van der Waals surface area contributed by atoms with Crippen molar-refractivity contribution in [1.29, 1.82) is 0 Å². The third-order valence-electron chi connectivity index (χ3n) is 4.81. The van der Waals surface area contributed by atoms with Crippen LogP contribution < -0.4 is 26.8 Å². The zero-order chi connectivity index (χ0) is 18.6. The van der Waals surface area contributed by atoms with Crippen molar-refractivity contribution in [3.63, 3.8) is 0 Å². The van der Waals surface area contributed by atoms with Gasteiger partial charge in [0.1, 0.15) is 0 Å². The van der Waals surface area contributed by atoms with E-state index in [2.05, 4.69) is 32.7 Å². The van der Waals surface area contributed by atoms with Gasteiger partial charge in [-0.3, -0.25) is 4.79 Å². The average molecular weight is 361 g/mol. The number of piperazine rings is 1. The average Bonchev–Trinajstić information content (AvgIpc) is 2.72. The molecule has 0 atom stereocenters. The fourth-order valence-electron chi connectivity index (χ4n) is 3.29. The van der Waals surface area contributed by atoms with Crippen molar-refractivity contribution < 1.29 is 0 Å². The van der Waals surface area contributed by atoms with Gasteiger partial charge < -0.3 is 26.3 Å². The van der Waals surface area contributed by atoms with Crippen LogP contribution >= 0.6 is 0 Å². The fourth-order valence-corrected chi connectivity index (χ4v) is 3.29. The molecule has 1 fully saturated rings. The number of para-hydroxylation sites is 1. The van der Waals surface area contributed by atoms with E-state index in [4.69, 9.17) is 5.73 Å². The smallest absolute Gasteiger partial charge is 0.257 e. The SMILES string of the molecule is N/C(=C\Nc1ccc(N2CCNCC2)cc1)c1cc2ccccc2[nH]c1=O. The molecule has 0 bridgehead atoms. The summed E-state index contributed by atoms with van der Waals surface area (Å²) in [5.41, 5.74) is 9.74. The maximum Gasteiger partial charge on any atom is 0.257 e. The number of nitrogens with one attached hydrogen (secondary N) is 3. The molecule has 2 heterocycles. The first kappa shape index (κ1) is 17.2. The Morgan fingerprint density at radius 3 is 2.59 bits per heavy atom. The number of rotatable bonds is 4. The van der Waals surface area contributed by atoms with Crippen molar-refractivity contribution in [3.05, 3.63) is 76.7 Å². The second-order valence-corrected chi connectivity index (χ2v) is 6.63. The van der Waals surface area contributed by atoms with Crippen molar-refractivity contribution in [3.8, 4) is 0 Å². The first-order chi connectivity index (χ1) is 13.2. The first-order valence-corrected chi connectivity index (χ1v) is 9.11. The summed E-state index contributed by atoms with van der Waals surface area (Å²) >= 11 is 0. The minimum absolute atomic E-state index is 0.196. The fraction of sp³-hybridized carbons (Fsp3) is 0.190. The molecule has 2 aromatic carbocycles. The molecule has 1 aromatic heterocycles. The van der Waals surface area contributed by atoms with Gasteiger partial charge in [-0.2, -0.15) is 0 Å². The van der Waals surface area contributed by atoms with Crippen molar-refractivity contribution in [1.82, 2.24) is 10.3 Å². The van der Waals surface area contributed by atoms with Gasteiger partial charge in [0.15, 0.2) is 0 Å². The van der Waals surface area contributed by atoms with Crippen LogP contribution in [-0.2, 0) is 0 Å². The van der Waals surface area contributed by atoms with Crippen LogP contribution in [0.1, 0.15) is 5.56 Å². The largest absolute Gasteiger partial charge is 0.397 e. The number of H-pyrrole nitrogens is 1. The number of nitrogens with zero attached hydrogens (tertiary/aromatic N) is 1. The summed E-state index contributed by atoms with van der Waals surface area (Å²) in [5.74, 6) is 0. The summed E-state index contributed by atoms with van der Waals surface area (Å²) in [6, 6.07) is 17.7. The highest BCUT2D eigenvalue weighted by molar-refractivity contribution is 5.82. The lowest BCUT2D eigenvalue weighted by Crippen LogP contribution is -2.43. The number of pyridine rings is 1. The molecule has 5 N–H and O–H groups in total. The Kier molecular flexibility index (Phi) is 4.80. The molecule has 6 nitrogen and oxygen atoms in total. The Hall–Kier alpha value is -3.25. The Morgan fingerprint density at radius 1 is 1.07 bits per heavy atom. The lowest BCUT2D eigenvalue weighted by atomic mass is 10.1. The predicted octanol–water partition coefficient (Wildman–Crippen LogP) is 2.31. The van der Waals surface area contributed by atoms with Gasteiger partial charge in [-0.25, -0.2) is 0 Å². The highest BCUT2D eigenvalue weighted by Crippen LogP contribution is 2.19. The van der Waals surface area contributed by atoms with E-state index < -0.39 is 0 Å². The van der Waals surface area contributed by atoms with E-state index in [0.29, 0.717) is 11.3 Å². The molecule has 0 amide bonds. The lowest BCUT2D eigenvalue weighted by Gasteiger charge is -2.29.